The predicted octanol–water partition coefficient (Wildman–Crippen LogP) is 2.99. The van der Waals surface area contributed by atoms with E-state index in [9.17, 15) is 4.79 Å². The maximum absolute atomic E-state index is 11.3. The van der Waals surface area contributed by atoms with Gasteiger partial charge in [-0.2, -0.15) is 0 Å². The molecule has 1 N–H and O–H groups in total. The smallest absolute Gasteiger partial charge is 0.412 e. The summed E-state index contributed by atoms with van der Waals surface area (Å²) in [6.07, 6.45) is 5.05. The number of alkyl carbamates (subject to hydrolysis) is 1. The molecule has 0 fully saturated rings. The van der Waals surface area contributed by atoms with Crippen molar-refractivity contribution in [1.29, 1.82) is 0 Å². The third kappa shape index (κ3) is 6.29. The Morgan fingerprint density at radius 3 is 2.21 bits per heavy atom. The van der Waals surface area contributed by atoms with Gasteiger partial charge in [-0.25, -0.2) is 4.79 Å². The summed E-state index contributed by atoms with van der Waals surface area (Å²) >= 11 is 0. The van der Waals surface area contributed by atoms with Crippen LogP contribution in [0.3, 0.4) is 0 Å². The molecule has 14 heavy (non-hydrogen) atoms. The Bertz CT molecular complexity index is 247. The van der Waals surface area contributed by atoms with E-state index in [1.807, 2.05) is 52.8 Å². The van der Waals surface area contributed by atoms with Gasteiger partial charge in [-0.15, -0.1) is 0 Å². The van der Waals surface area contributed by atoms with E-state index in [2.05, 4.69) is 5.32 Å². The summed E-state index contributed by atoms with van der Waals surface area (Å²) in [5.41, 5.74) is 0.278. The zero-order chi connectivity index (χ0) is 11.2. The summed E-state index contributed by atoms with van der Waals surface area (Å²) in [7, 11) is 0. The molecule has 3 nitrogen and oxygen atoms in total. The van der Waals surface area contributed by atoms with Gasteiger partial charge < -0.3 is 4.74 Å². The molecule has 80 valence electrons. The Morgan fingerprint density at radius 1 is 1.29 bits per heavy atom. The highest BCUT2D eigenvalue weighted by molar-refractivity contribution is 5.70. The number of nitrogens with one attached hydrogen (secondary N) is 1. The van der Waals surface area contributed by atoms with E-state index in [4.69, 9.17) is 4.74 Å². The number of amides is 1. The second kappa shape index (κ2) is 5.47. The average Bonchev–Trinajstić information content (AvgIpc) is 2.00. The van der Waals surface area contributed by atoms with Crippen molar-refractivity contribution in [2.75, 3.05) is 0 Å². The molecule has 0 rings (SSSR count). The first-order valence-corrected chi connectivity index (χ1v) is 4.68. The van der Waals surface area contributed by atoms with E-state index in [0.717, 1.165) is 5.70 Å². The number of hydrogen-bond donors (Lipinski definition) is 1. The molecule has 3 heteroatoms. The zero-order valence-corrected chi connectivity index (χ0v) is 9.55. The lowest BCUT2D eigenvalue weighted by atomic mass is 10.2. The molecule has 0 saturated heterocycles. The summed E-state index contributed by atoms with van der Waals surface area (Å²) < 4.78 is 5.09. The van der Waals surface area contributed by atoms with Crippen molar-refractivity contribution < 1.29 is 9.53 Å². The van der Waals surface area contributed by atoms with E-state index in [-0.39, 0.29) is 0 Å². The van der Waals surface area contributed by atoms with Crippen molar-refractivity contribution in [2.24, 2.45) is 0 Å². The molecule has 0 atom stereocenters. The fourth-order valence-electron chi connectivity index (χ4n) is 0.811. The first-order chi connectivity index (χ1) is 6.39. The molecule has 0 unspecified atom stereocenters. The molecule has 0 aromatic heterocycles. The number of ether oxygens (including phenoxy) is 1. The van der Waals surface area contributed by atoms with Crippen LogP contribution in [0.25, 0.3) is 0 Å². The summed E-state index contributed by atoms with van der Waals surface area (Å²) in [5.74, 6) is 0. The minimum atomic E-state index is -0.459. The molecule has 0 aromatic carbocycles. The number of carbonyl (C=O) groups is 1. The number of carbonyl (C=O) groups excluding carboxylic acids is 1. The van der Waals surface area contributed by atoms with Gasteiger partial charge >= 0.3 is 6.09 Å². The highest BCUT2D eigenvalue weighted by atomic mass is 16.6. The third-order valence-corrected chi connectivity index (χ3v) is 1.30. The van der Waals surface area contributed by atoms with Gasteiger partial charge in [0.25, 0.3) is 0 Å². The number of rotatable bonds is 2. The van der Waals surface area contributed by atoms with Crippen molar-refractivity contribution in [3.8, 4) is 0 Å². The average molecular weight is 197 g/mol. The van der Waals surface area contributed by atoms with Crippen LogP contribution < -0.4 is 5.32 Å². The normalized spacial score (nSPS) is 13.1. The second-order valence-corrected chi connectivity index (χ2v) is 3.87. The van der Waals surface area contributed by atoms with Gasteiger partial charge in [-0.05, 0) is 40.7 Å². The fourth-order valence-corrected chi connectivity index (χ4v) is 0.811. The van der Waals surface area contributed by atoms with E-state index < -0.39 is 11.7 Å². The largest absolute Gasteiger partial charge is 0.444 e. The van der Waals surface area contributed by atoms with Crippen molar-refractivity contribution in [2.45, 2.75) is 40.2 Å². The predicted molar refractivity (Wildman–Crippen MR) is 57.9 cm³/mol. The maximum atomic E-state index is 11.3. The van der Waals surface area contributed by atoms with Crippen molar-refractivity contribution >= 4 is 6.09 Å². The first-order valence-electron chi connectivity index (χ1n) is 4.68. The monoisotopic (exact) mass is 197 g/mol. The molecule has 0 spiro atoms. The first kappa shape index (κ1) is 12.8. The molecule has 0 saturated carbocycles. The lowest BCUT2D eigenvalue weighted by Crippen LogP contribution is -2.31. The zero-order valence-electron chi connectivity index (χ0n) is 9.55. The van der Waals surface area contributed by atoms with Gasteiger partial charge in [0.2, 0.25) is 0 Å². The molecule has 1 amide bonds. The Balaban J connectivity index is 4.19. The van der Waals surface area contributed by atoms with E-state index >= 15 is 0 Å². The van der Waals surface area contributed by atoms with Gasteiger partial charge in [0.1, 0.15) is 5.60 Å². The molecule has 0 aliphatic carbocycles. The van der Waals surface area contributed by atoms with Crippen LogP contribution in [0, 0.1) is 0 Å². The Labute approximate surface area is 85.8 Å². The van der Waals surface area contributed by atoms with Gasteiger partial charge in [0.15, 0.2) is 0 Å². The second-order valence-electron chi connectivity index (χ2n) is 3.87. The third-order valence-electron chi connectivity index (χ3n) is 1.30. The lowest BCUT2D eigenvalue weighted by molar-refractivity contribution is 0.0548. The summed E-state index contributed by atoms with van der Waals surface area (Å²) in [6, 6.07) is 0. The molecule has 0 bridgehead atoms. The van der Waals surface area contributed by atoms with Gasteiger partial charge in [-0.3, -0.25) is 5.32 Å². The quantitative estimate of drug-likeness (QED) is 0.691. The summed E-state index contributed by atoms with van der Waals surface area (Å²) in [6.45, 7) is 9.24. The highest BCUT2D eigenvalue weighted by Gasteiger charge is 2.15. The van der Waals surface area contributed by atoms with Gasteiger partial charge in [0.05, 0.1) is 0 Å². The van der Waals surface area contributed by atoms with Crippen LogP contribution in [-0.2, 0) is 4.74 Å². The fraction of sp³-hybridized carbons (Fsp3) is 0.545. The van der Waals surface area contributed by atoms with Crippen LogP contribution in [0.4, 0.5) is 4.79 Å². The number of allylic oxidation sites excluding steroid dienone is 3. The standard InChI is InChI=1S/C11H19NO2/c1-6-8-9(7-2)12-10(13)14-11(3,4)5/h6-8H,1-5H3,(H,12,13)/b8-6-,9-7+. The van der Waals surface area contributed by atoms with Crippen LogP contribution in [0.2, 0.25) is 0 Å². The molecule has 0 radical (unpaired) electrons. The SMILES string of the molecule is C/C=C\C(=C/C)NC(=O)OC(C)(C)C. The molecule has 0 aromatic rings. The molecule has 0 heterocycles. The molecular weight excluding hydrogens is 178 g/mol. The maximum Gasteiger partial charge on any atom is 0.412 e. The van der Waals surface area contributed by atoms with Crippen LogP contribution in [-0.4, -0.2) is 11.7 Å². The number of hydrogen-bond acceptors (Lipinski definition) is 2. The van der Waals surface area contributed by atoms with Crippen molar-refractivity contribution in [1.82, 2.24) is 5.32 Å². The molecule has 0 aliphatic rings. The Hall–Kier alpha value is -1.25. The van der Waals surface area contributed by atoms with Crippen molar-refractivity contribution in [3.63, 3.8) is 0 Å². The van der Waals surface area contributed by atoms with Crippen molar-refractivity contribution in [3.05, 3.63) is 23.9 Å². The van der Waals surface area contributed by atoms with Gasteiger partial charge in [0, 0.05) is 5.70 Å². The topological polar surface area (TPSA) is 38.3 Å². The van der Waals surface area contributed by atoms with Crippen LogP contribution in [0.5, 0.6) is 0 Å². The van der Waals surface area contributed by atoms with Crippen LogP contribution in [0.1, 0.15) is 34.6 Å². The minimum absolute atomic E-state index is 0.427. The van der Waals surface area contributed by atoms with E-state index in [1.165, 1.54) is 0 Å². The summed E-state index contributed by atoms with van der Waals surface area (Å²) in [5, 5.41) is 2.64. The van der Waals surface area contributed by atoms with Crippen LogP contribution >= 0.6 is 0 Å². The molecular formula is C11H19NO2. The van der Waals surface area contributed by atoms with Gasteiger partial charge in [-0.1, -0.05) is 12.2 Å². The molecule has 0 aliphatic heterocycles. The Morgan fingerprint density at radius 2 is 1.86 bits per heavy atom. The summed E-state index contributed by atoms with van der Waals surface area (Å²) in [4.78, 5) is 11.3. The van der Waals surface area contributed by atoms with E-state index in [0.29, 0.717) is 0 Å². The van der Waals surface area contributed by atoms with E-state index in [1.54, 1.807) is 0 Å². The Kier molecular flexibility index (Phi) is 4.99. The highest BCUT2D eigenvalue weighted by Crippen LogP contribution is 2.07. The minimum Gasteiger partial charge on any atom is -0.444 e. The van der Waals surface area contributed by atoms with Crippen LogP contribution in [0.15, 0.2) is 23.9 Å². The lowest BCUT2D eigenvalue weighted by Gasteiger charge is -2.19.